The molecule has 1 N–H and O–H groups in total. The molecule has 3 aliphatic rings. The molecule has 3 unspecified atom stereocenters. The molecular weight excluding hydrogens is 535 g/mol. The highest BCUT2D eigenvalue weighted by Crippen LogP contribution is 2.38. The zero-order chi connectivity index (χ0) is 27.7. The molecule has 1 amide bonds. The van der Waals surface area contributed by atoms with Gasteiger partial charge in [-0.05, 0) is 67.6 Å². The fourth-order valence-corrected chi connectivity index (χ4v) is 6.23. The van der Waals surface area contributed by atoms with Crippen molar-refractivity contribution in [3.8, 4) is 0 Å². The van der Waals surface area contributed by atoms with Crippen LogP contribution in [0.15, 0.2) is 42.5 Å². The molecule has 3 atom stereocenters. The van der Waals surface area contributed by atoms with Crippen molar-refractivity contribution in [2.24, 2.45) is 11.8 Å². The summed E-state index contributed by atoms with van der Waals surface area (Å²) in [4.78, 5) is 29.3. The predicted octanol–water partition coefficient (Wildman–Crippen LogP) is 5.13. The Morgan fingerprint density at radius 2 is 1.74 bits per heavy atom. The molecule has 0 aliphatic carbocycles. The van der Waals surface area contributed by atoms with Crippen LogP contribution >= 0.6 is 11.6 Å². The number of likely N-dealkylation sites (tertiary alicyclic amines) is 2. The van der Waals surface area contributed by atoms with E-state index in [-0.39, 0.29) is 17.6 Å². The number of carbonyl (C=O) groups is 1. The van der Waals surface area contributed by atoms with Gasteiger partial charge in [0.2, 0.25) is 5.91 Å². The van der Waals surface area contributed by atoms with Gasteiger partial charge in [-0.3, -0.25) is 14.9 Å². The van der Waals surface area contributed by atoms with Crippen molar-refractivity contribution in [2.45, 2.75) is 31.5 Å². The van der Waals surface area contributed by atoms with Crippen molar-refractivity contribution < 1.29 is 22.9 Å². The average Bonchev–Trinajstić information content (AvgIpc) is 3.59. The van der Waals surface area contributed by atoms with Crippen molar-refractivity contribution >= 4 is 34.6 Å². The van der Waals surface area contributed by atoms with Gasteiger partial charge in [-0.15, -0.1) is 0 Å². The first-order chi connectivity index (χ1) is 18.6. The van der Waals surface area contributed by atoms with E-state index < -0.39 is 22.4 Å². The average molecular weight is 566 g/mol. The van der Waals surface area contributed by atoms with E-state index >= 15 is 0 Å². The van der Waals surface area contributed by atoms with Gasteiger partial charge in [0.1, 0.15) is 5.56 Å². The van der Waals surface area contributed by atoms with Crippen LogP contribution in [0, 0.1) is 22.0 Å². The number of nitro benzene ring substituents is 1. The maximum Gasteiger partial charge on any atom is 0.423 e. The first kappa shape index (κ1) is 27.5. The van der Waals surface area contributed by atoms with Gasteiger partial charge in [-0.1, -0.05) is 11.6 Å². The van der Waals surface area contributed by atoms with Crippen molar-refractivity contribution in [3.05, 3.63) is 63.2 Å². The van der Waals surface area contributed by atoms with Gasteiger partial charge in [-0.2, -0.15) is 13.2 Å². The number of hydrogen-bond acceptors (Lipinski definition) is 6. The van der Waals surface area contributed by atoms with Crippen LogP contribution in [0.5, 0.6) is 0 Å². The van der Waals surface area contributed by atoms with E-state index in [1.807, 2.05) is 12.1 Å². The molecule has 5 rings (SSSR count). The number of nitro groups is 1. The van der Waals surface area contributed by atoms with Crippen LogP contribution in [-0.4, -0.2) is 72.5 Å². The van der Waals surface area contributed by atoms with E-state index in [1.165, 1.54) is 11.8 Å². The van der Waals surface area contributed by atoms with Gasteiger partial charge in [-0.25, -0.2) is 0 Å². The number of hydrogen-bond donors (Lipinski definition) is 1. The number of nitrogens with zero attached hydrogens (tertiary/aromatic N) is 4. The summed E-state index contributed by atoms with van der Waals surface area (Å²) in [5.41, 5.74) is -0.899. The molecule has 2 aromatic rings. The monoisotopic (exact) mass is 565 g/mol. The van der Waals surface area contributed by atoms with Crippen molar-refractivity contribution in [3.63, 3.8) is 0 Å². The van der Waals surface area contributed by atoms with Gasteiger partial charge in [0.25, 0.3) is 5.69 Å². The number of alkyl halides is 3. The third-order valence-corrected chi connectivity index (χ3v) is 8.28. The van der Waals surface area contributed by atoms with E-state index in [4.69, 9.17) is 11.6 Å². The number of halogens is 4. The normalized spacial score (nSPS) is 23.3. The SMILES string of the molecule is O=C(CCCN1CC2CN(c3ccc(Cl)cc3)CC2C1)N1CCC(Nc2ccc([N+](=O)[O-])c(C(F)(F)F)c2)C1. The lowest BCUT2D eigenvalue weighted by Crippen LogP contribution is -2.33. The Morgan fingerprint density at radius 3 is 2.38 bits per heavy atom. The highest BCUT2D eigenvalue weighted by atomic mass is 35.5. The topological polar surface area (TPSA) is 82.0 Å². The van der Waals surface area contributed by atoms with Gasteiger partial charge in [0, 0.05) is 74.2 Å². The molecule has 0 bridgehead atoms. The molecule has 39 heavy (non-hydrogen) atoms. The van der Waals surface area contributed by atoms with Gasteiger partial charge >= 0.3 is 6.18 Å². The fraction of sp³-hybridized carbons (Fsp3) is 0.519. The Bertz CT molecular complexity index is 1200. The summed E-state index contributed by atoms with van der Waals surface area (Å²) < 4.78 is 39.8. The summed E-state index contributed by atoms with van der Waals surface area (Å²) >= 11 is 6.01. The summed E-state index contributed by atoms with van der Waals surface area (Å²) in [6, 6.07) is 10.7. The number of benzene rings is 2. The third kappa shape index (κ3) is 6.41. The minimum absolute atomic E-state index is 0.0484. The molecule has 2 aromatic carbocycles. The predicted molar refractivity (Wildman–Crippen MR) is 143 cm³/mol. The maximum atomic E-state index is 13.3. The highest BCUT2D eigenvalue weighted by molar-refractivity contribution is 6.30. The number of anilines is 2. The van der Waals surface area contributed by atoms with E-state index in [2.05, 4.69) is 27.2 Å². The number of nitrogens with one attached hydrogen (secondary N) is 1. The molecule has 0 saturated carbocycles. The summed E-state index contributed by atoms with van der Waals surface area (Å²) in [5, 5.41) is 14.7. The Morgan fingerprint density at radius 1 is 1.05 bits per heavy atom. The van der Waals surface area contributed by atoms with E-state index in [0.29, 0.717) is 37.8 Å². The van der Waals surface area contributed by atoms with E-state index in [0.717, 1.165) is 56.3 Å². The summed E-state index contributed by atoms with van der Waals surface area (Å²) in [6.45, 7) is 5.93. The lowest BCUT2D eigenvalue weighted by Gasteiger charge is -2.23. The quantitative estimate of drug-likeness (QED) is 0.353. The third-order valence-electron chi connectivity index (χ3n) is 8.03. The standard InChI is InChI=1S/C27H31ClF3N5O3/c28-20-3-6-23(7-4-20)35-15-18-13-33(14-19(18)16-35)10-1-2-26(37)34-11-9-22(17-34)32-21-5-8-25(36(38)39)24(12-21)27(29,30)31/h3-8,12,18-19,22,32H,1-2,9-11,13-17H2. The fourth-order valence-electron chi connectivity index (χ4n) is 6.10. The molecule has 3 saturated heterocycles. The number of rotatable bonds is 8. The van der Waals surface area contributed by atoms with E-state index in [1.54, 1.807) is 4.90 Å². The van der Waals surface area contributed by atoms with Crippen LogP contribution in [0.1, 0.15) is 24.8 Å². The molecule has 0 radical (unpaired) electrons. The molecule has 0 spiro atoms. The Hall–Kier alpha value is -3.05. The minimum atomic E-state index is -4.83. The zero-order valence-corrected chi connectivity index (χ0v) is 22.1. The minimum Gasteiger partial charge on any atom is -0.380 e. The van der Waals surface area contributed by atoms with E-state index in [9.17, 15) is 28.1 Å². The Labute approximate surface area is 229 Å². The smallest absolute Gasteiger partial charge is 0.380 e. The summed E-state index contributed by atoms with van der Waals surface area (Å²) in [6.07, 6.45) is -3.03. The molecular formula is C27H31ClF3N5O3. The zero-order valence-electron chi connectivity index (χ0n) is 21.4. The Balaban J connectivity index is 1.04. The molecule has 3 heterocycles. The molecule has 12 heteroatoms. The van der Waals surface area contributed by atoms with Crippen LogP contribution < -0.4 is 10.2 Å². The number of carbonyl (C=O) groups excluding carboxylic acids is 1. The van der Waals surface area contributed by atoms with Crippen molar-refractivity contribution in [1.29, 1.82) is 0 Å². The van der Waals surface area contributed by atoms with Crippen LogP contribution in [0.2, 0.25) is 5.02 Å². The van der Waals surface area contributed by atoms with Gasteiger partial charge < -0.3 is 20.0 Å². The maximum absolute atomic E-state index is 13.3. The number of amides is 1. The second-order valence-corrected chi connectivity index (χ2v) is 11.2. The largest absolute Gasteiger partial charge is 0.423 e. The van der Waals surface area contributed by atoms with Crippen molar-refractivity contribution in [1.82, 2.24) is 9.80 Å². The molecule has 8 nitrogen and oxygen atoms in total. The Kier molecular flexibility index (Phi) is 7.91. The van der Waals surface area contributed by atoms with Crippen LogP contribution in [0.3, 0.4) is 0 Å². The van der Waals surface area contributed by atoms with Gasteiger partial charge in [0.05, 0.1) is 4.92 Å². The molecule has 0 aromatic heterocycles. The summed E-state index contributed by atoms with van der Waals surface area (Å²) in [5.74, 6) is 1.30. The van der Waals surface area contributed by atoms with Crippen LogP contribution in [0.25, 0.3) is 0 Å². The first-order valence-electron chi connectivity index (χ1n) is 13.2. The lowest BCUT2D eigenvalue weighted by molar-refractivity contribution is -0.388. The van der Waals surface area contributed by atoms with Crippen LogP contribution in [-0.2, 0) is 11.0 Å². The van der Waals surface area contributed by atoms with Crippen molar-refractivity contribution in [2.75, 3.05) is 56.0 Å². The summed E-state index contributed by atoms with van der Waals surface area (Å²) in [7, 11) is 0. The highest BCUT2D eigenvalue weighted by Gasteiger charge is 2.40. The lowest BCUT2D eigenvalue weighted by atomic mass is 10.0. The molecule has 3 aliphatic heterocycles. The second kappa shape index (κ2) is 11.2. The van der Waals surface area contributed by atoms with Gasteiger partial charge in [0.15, 0.2) is 0 Å². The van der Waals surface area contributed by atoms with Crippen LogP contribution in [0.4, 0.5) is 30.2 Å². The number of fused-ring (bicyclic) bond motifs is 1. The second-order valence-electron chi connectivity index (χ2n) is 10.7. The molecule has 3 fully saturated rings. The molecule has 210 valence electrons. The first-order valence-corrected chi connectivity index (χ1v) is 13.6.